The quantitative estimate of drug-likeness (QED) is 0.461. The fourth-order valence-electron chi connectivity index (χ4n) is 4.05. The number of Topliss-reactive ketones (excluding diaryl/α,β-unsaturated/α-hetero) is 1. The van der Waals surface area contributed by atoms with Crippen molar-refractivity contribution in [2.75, 3.05) is 0 Å². The van der Waals surface area contributed by atoms with Crippen molar-refractivity contribution in [3.05, 3.63) is 41.5 Å². The summed E-state index contributed by atoms with van der Waals surface area (Å²) in [5, 5.41) is 11.7. The van der Waals surface area contributed by atoms with Crippen molar-refractivity contribution in [3.8, 4) is 0 Å². The average Bonchev–Trinajstić information content (AvgIpc) is 2.55. The fraction of sp³-hybridized carbons (Fsp3) is 0.500. The number of carbonyl (C=O) groups excluding carboxylic acids is 2. The van der Waals surface area contributed by atoms with Crippen LogP contribution in [0.15, 0.2) is 41.5 Å². The predicted molar refractivity (Wildman–Crippen MR) is 103 cm³/mol. The van der Waals surface area contributed by atoms with Gasteiger partial charge in [-0.1, -0.05) is 0 Å². The van der Waals surface area contributed by atoms with Crippen LogP contribution in [0, 0.1) is 23.7 Å². The first-order chi connectivity index (χ1) is 11.4. The third-order valence-electron chi connectivity index (χ3n) is 5.76. The van der Waals surface area contributed by atoms with Crippen LogP contribution in [0.2, 0.25) is 4.82 Å². The Labute approximate surface area is 177 Å². The second-order valence-corrected chi connectivity index (χ2v) is 9.74. The van der Waals surface area contributed by atoms with Crippen molar-refractivity contribution >= 4 is 41.1 Å². The monoisotopic (exact) mass is 431 g/mol. The molecule has 3 rings (SSSR count). The molecule has 0 bridgehead atoms. The molecule has 26 heavy (non-hydrogen) atoms. The van der Waals surface area contributed by atoms with E-state index in [-0.39, 0.29) is 55.4 Å². The zero-order valence-electron chi connectivity index (χ0n) is 15.9. The van der Waals surface area contributed by atoms with Crippen molar-refractivity contribution in [3.63, 3.8) is 0 Å². The van der Waals surface area contributed by atoms with Gasteiger partial charge in [-0.15, -0.1) is 0 Å². The predicted octanol–water partition coefficient (Wildman–Crippen LogP) is -0.918. The van der Waals surface area contributed by atoms with Crippen LogP contribution in [-0.2, 0) is 9.59 Å². The molecule has 1 aromatic rings. The number of carboxylic acids is 1. The van der Waals surface area contributed by atoms with Gasteiger partial charge in [-0.3, -0.25) is 0 Å². The number of carboxylic acid groups (broad SMARTS) is 1. The van der Waals surface area contributed by atoms with Gasteiger partial charge in [-0.05, 0) is 0 Å². The summed E-state index contributed by atoms with van der Waals surface area (Å²) in [6.45, 7) is 6.53. The number of ketones is 1. The molecule has 2 aliphatic carbocycles. The third-order valence-corrected chi connectivity index (χ3v) is 8.57. The molecule has 0 spiro atoms. The SMILES string of the molecule is CC1CC2=C(C(=O)C([Se]c3ccccc3)C(C(=O)[O-])C2)C(C)C1C.[Li+].[PH2-]. The maximum Gasteiger partial charge on any atom is 1.00 e. The van der Waals surface area contributed by atoms with Gasteiger partial charge in [-0.25, -0.2) is 0 Å². The fourth-order valence-corrected chi connectivity index (χ4v) is 6.60. The summed E-state index contributed by atoms with van der Waals surface area (Å²) in [6, 6.07) is 9.79. The number of allylic oxidation sites excluding steroid dienone is 2. The Kier molecular flexibility index (Phi) is 8.86. The van der Waals surface area contributed by atoms with E-state index in [1.807, 2.05) is 30.3 Å². The number of carbonyl (C=O) groups is 2. The first kappa shape index (κ1) is 23.7. The molecule has 0 aromatic heterocycles. The van der Waals surface area contributed by atoms with E-state index in [1.54, 1.807) is 0 Å². The minimum Gasteiger partial charge on any atom is -0.577 e. The smallest absolute Gasteiger partial charge is 0.577 e. The summed E-state index contributed by atoms with van der Waals surface area (Å²) in [7, 11) is 0. The summed E-state index contributed by atoms with van der Waals surface area (Å²) in [5.74, 6) is -0.517. The van der Waals surface area contributed by atoms with Gasteiger partial charge in [0.2, 0.25) is 0 Å². The molecule has 1 aromatic carbocycles. The molecule has 0 aliphatic heterocycles. The topological polar surface area (TPSA) is 57.2 Å². The van der Waals surface area contributed by atoms with E-state index in [1.165, 1.54) is 0 Å². The van der Waals surface area contributed by atoms with Crippen LogP contribution in [-0.4, -0.2) is 26.7 Å². The second kappa shape index (κ2) is 9.72. The largest absolute Gasteiger partial charge is 1.00 e. The van der Waals surface area contributed by atoms with Gasteiger partial charge in [0.1, 0.15) is 0 Å². The number of hydrogen-bond donors (Lipinski definition) is 0. The number of rotatable bonds is 3. The second-order valence-electron chi connectivity index (χ2n) is 7.19. The number of benzene rings is 1. The Hall–Kier alpha value is -0.353. The zero-order valence-corrected chi connectivity index (χ0v) is 18.8. The first-order valence-electron chi connectivity index (χ1n) is 8.58. The molecule has 0 fully saturated rings. The molecule has 0 amide bonds. The summed E-state index contributed by atoms with van der Waals surface area (Å²) >= 11 is -0.187. The van der Waals surface area contributed by atoms with E-state index in [9.17, 15) is 14.7 Å². The third kappa shape index (κ3) is 4.55. The van der Waals surface area contributed by atoms with Crippen molar-refractivity contribution in [2.24, 2.45) is 23.7 Å². The molecule has 0 saturated heterocycles. The molecule has 136 valence electrons. The Balaban J connectivity index is 0.00000169. The van der Waals surface area contributed by atoms with Gasteiger partial charge in [0, 0.05) is 0 Å². The average molecular weight is 430 g/mol. The number of hydrogen-bond acceptors (Lipinski definition) is 3. The van der Waals surface area contributed by atoms with Gasteiger partial charge in [-0.2, -0.15) is 0 Å². The van der Waals surface area contributed by atoms with Crippen LogP contribution < -0.4 is 28.4 Å². The molecule has 5 atom stereocenters. The minimum absolute atomic E-state index is 0. The summed E-state index contributed by atoms with van der Waals surface area (Å²) in [4.78, 5) is 24.5. The Morgan fingerprint density at radius 3 is 2.31 bits per heavy atom. The van der Waals surface area contributed by atoms with Crippen LogP contribution in [0.3, 0.4) is 0 Å². The summed E-state index contributed by atoms with van der Waals surface area (Å²) < 4.78 is 1.07. The molecule has 0 heterocycles. The minimum atomic E-state index is -1.07. The molecular weight excluding hydrogens is 405 g/mol. The van der Waals surface area contributed by atoms with Crippen molar-refractivity contribution in [2.45, 2.75) is 38.4 Å². The van der Waals surface area contributed by atoms with Crippen molar-refractivity contribution < 1.29 is 33.6 Å². The Morgan fingerprint density at radius 1 is 1.12 bits per heavy atom. The van der Waals surface area contributed by atoms with Gasteiger partial charge in [0.15, 0.2) is 0 Å². The van der Waals surface area contributed by atoms with Crippen LogP contribution >= 0.6 is 9.90 Å². The standard InChI is InChI=1S/C20H24O3Se.Li.H2P/c1-11-9-14-10-16(20(22)23)19(24-15-7-5-4-6-8-15)18(21)17(14)13(3)12(11)2;;/h4-8,11-13,16,19H,9-10H2,1-3H3,(H,22,23);;1H2/q;+1;-1/p-1. The first-order valence-corrected chi connectivity index (χ1v) is 10.4. The van der Waals surface area contributed by atoms with E-state index in [0.29, 0.717) is 18.3 Å². The summed E-state index contributed by atoms with van der Waals surface area (Å²) in [5.41, 5.74) is 2.01. The molecule has 0 radical (unpaired) electrons. The summed E-state index contributed by atoms with van der Waals surface area (Å²) in [6.07, 6.45) is 1.34. The van der Waals surface area contributed by atoms with Gasteiger partial charge >= 0.3 is 168 Å². The molecular formula is C20H25LiO3PSe-. The Morgan fingerprint density at radius 2 is 1.73 bits per heavy atom. The maximum absolute atomic E-state index is 13.2. The van der Waals surface area contributed by atoms with E-state index < -0.39 is 16.7 Å². The van der Waals surface area contributed by atoms with Crippen LogP contribution in [0.5, 0.6) is 0 Å². The molecule has 0 N–H and O–H groups in total. The maximum atomic E-state index is 13.2. The van der Waals surface area contributed by atoms with E-state index in [0.717, 1.165) is 22.0 Å². The number of aliphatic carboxylic acids is 1. The molecule has 5 unspecified atom stereocenters. The van der Waals surface area contributed by atoms with Crippen LogP contribution in [0.4, 0.5) is 0 Å². The van der Waals surface area contributed by atoms with Crippen LogP contribution in [0.25, 0.3) is 0 Å². The van der Waals surface area contributed by atoms with Gasteiger partial charge in [0.05, 0.1) is 0 Å². The molecule has 2 aliphatic rings. The van der Waals surface area contributed by atoms with Gasteiger partial charge in [0.25, 0.3) is 0 Å². The van der Waals surface area contributed by atoms with E-state index >= 15 is 0 Å². The van der Waals surface area contributed by atoms with Crippen molar-refractivity contribution in [1.29, 1.82) is 0 Å². The normalized spacial score (nSPS) is 30.7. The van der Waals surface area contributed by atoms with Crippen molar-refractivity contribution in [1.82, 2.24) is 0 Å². The molecule has 6 heteroatoms. The van der Waals surface area contributed by atoms with E-state index in [4.69, 9.17) is 0 Å². The Bertz CT molecular complexity index is 692. The zero-order chi connectivity index (χ0) is 17.4. The van der Waals surface area contributed by atoms with E-state index in [2.05, 4.69) is 20.8 Å². The van der Waals surface area contributed by atoms with Crippen LogP contribution in [0.1, 0.15) is 33.6 Å². The molecule has 0 saturated carbocycles. The molecule has 3 nitrogen and oxygen atoms in total. The van der Waals surface area contributed by atoms with Gasteiger partial charge < -0.3 is 9.90 Å².